The first-order chi connectivity index (χ1) is 19.9. The zero-order valence-corrected chi connectivity index (χ0v) is 24.0. The van der Waals surface area contributed by atoms with E-state index in [-0.39, 0.29) is 17.6 Å². The van der Waals surface area contributed by atoms with Crippen LogP contribution in [-0.4, -0.2) is 30.8 Å². The van der Waals surface area contributed by atoms with Gasteiger partial charge in [0.05, 0.1) is 41.6 Å². The van der Waals surface area contributed by atoms with Gasteiger partial charge >= 0.3 is 0 Å². The summed E-state index contributed by atoms with van der Waals surface area (Å²) >= 11 is 1.21. The Morgan fingerprint density at radius 1 is 0.902 bits per heavy atom. The van der Waals surface area contributed by atoms with Crippen LogP contribution in [0.5, 0.6) is 11.5 Å². The van der Waals surface area contributed by atoms with E-state index in [4.69, 9.17) is 9.47 Å². The van der Waals surface area contributed by atoms with Gasteiger partial charge in [-0.1, -0.05) is 48.2 Å². The number of nitrogens with one attached hydrogen (secondary N) is 3. The molecular weight excluding hydrogens is 536 g/mol. The molecule has 0 radical (unpaired) electrons. The van der Waals surface area contributed by atoms with Crippen molar-refractivity contribution in [2.75, 3.05) is 29.6 Å². The minimum absolute atomic E-state index is 0.0549. The average Bonchev–Trinajstić information content (AvgIpc) is 2.98. The number of allylic oxidation sites excluding steroid dienone is 2. The summed E-state index contributed by atoms with van der Waals surface area (Å²) in [6.07, 6.45) is 0. The van der Waals surface area contributed by atoms with Gasteiger partial charge in [-0.3, -0.25) is 9.59 Å². The maximum absolute atomic E-state index is 13.7. The molecule has 9 heteroatoms. The van der Waals surface area contributed by atoms with E-state index >= 15 is 0 Å². The lowest BCUT2D eigenvalue weighted by atomic mass is 9.81. The van der Waals surface area contributed by atoms with Crippen LogP contribution >= 0.6 is 11.8 Å². The van der Waals surface area contributed by atoms with Crippen LogP contribution in [0.4, 0.5) is 11.4 Å². The molecule has 1 aliphatic heterocycles. The third-order valence-corrected chi connectivity index (χ3v) is 7.27. The molecular formula is C32H32N4O4S. The highest BCUT2D eigenvalue weighted by molar-refractivity contribution is 8.03. The fraction of sp³-hybridized carbons (Fsp3) is 0.219. The molecule has 0 saturated heterocycles. The summed E-state index contributed by atoms with van der Waals surface area (Å²) in [5.74, 6) is 0.102. The van der Waals surface area contributed by atoms with Crippen LogP contribution in [0.1, 0.15) is 32.3 Å². The Morgan fingerprint density at radius 2 is 1.56 bits per heavy atom. The summed E-state index contributed by atoms with van der Waals surface area (Å²) in [5.41, 5.74) is 3.30. The maximum Gasteiger partial charge on any atom is 0.254 e. The van der Waals surface area contributed by atoms with Gasteiger partial charge in [0, 0.05) is 28.2 Å². The number of nitriles is 1. The van der Waals surface area contributed by atoms with Crippen LogP contribution in [-0.2, 0) is 9.59 Å². The van der Waals surface area contributed by atoms with E-state index in [0.717, 1.165) is 5.75 Å². The predicted octanol–water partition coefficient (Wildman–Crippen LogP) is 6.19. The van der Waals surface area contributed by atoms with Gasteiger partial charge in [-0.15, -0.1) is 0 Å². The lowest BCUT2D eigenvalue weighted by Gasteiger charge is -2.30. The Hall–Kier alpha value is -4.68. The maximum atomic E-state index is 13.7. The van der Waals surface area contributed by atoms with Crippen molar-refractivity contribution in [3.8, 4) is 17.6 Å². The molecule has 0 bridgehead atoms. The number of benzene rings is 3. The first kappa shape index (κ1) is 29.3. The number of amides is 2. The van der Waals surface area contributed by atoms with Gasteiger partial charge in [-0.2, -0.15) is 5.26 Å². The first-order valence-corrected chi connectivity index (χ1v) is 14.3. The van der Waals surface area contributed by atoms with Gasteiger partial charge in [-0.25, -0.2) is 0 Å². The molecule has 0 aliphatic carbocycles. The van der Waals surface area contributed by atoms with Crippen LogP contribution in [0, 0.1) is 11.3 Å². The molecule has 0 aromatic heterocycles. The molecule has 1 heterocycles. The SMILES string of the molecule is CCOc1ccc(NC(=O)CSC2=C(C#N)C(c3ccccc3OCC)C(C(=O)Nc3ccccc3)=C(C)N2)cc1. The standard InChI is InChI=1S/C32H32N4O4S/c1-4-39-24-17-15-23(16-18-24)35-28(37)20-41-32-26(19-33)30(25-13-9-10-14-27(25)40-5-2)29(21(3)34-32)31(38)36-22-11-7-6-8-12-22/h6-18,30,34H,4-5,20H2,1-3H3,(H,35,37)(H,36,38). The van der Waals surface area contributed by atoms with E-state index in [2.05, 4.69) is 22.0 Å². The average molecular weight is 569 g/mol. The number of hydrogen-bond acceptors (Lipinski definition) is 7. The van der Waals surface area contributed by atoms with Crippen molar-refractivity contribution in [3.63, 3.8) is 0 Å². The summed E-state index contributed by atoms with van der Waals surface area (Å²) in [6, 6.07) is 26.0. The number of carbonyl (C=O) groups excluding carboxylic acids is 2. The van der Waals surface area contributed by atoms with Gasteiger partial charge in [0.1, 0.15) is 11.5 Å². The molecule has 0 fully saturated rings. The summed E-state index contributed by atoms with van der Waals surface area (Å²) in [5, 5.41) is 20.0. The van der Waals surface area contributed by atoms with Gasteiger partial charge in [0.25, 0.3) is 5.91 Å². The highest BCUT2D eigenvalue weighted by atomic mass is 32.2. The number of dihydropyridines is 1. The van der Waals surface area contributed by atoms with Crippen molar-refractivity contribution >= 4 is 35.0 Å². The van der Waals surface area contributed by atoms with E-state index in [1.165, 1.54) is 11.8 Å². The van der Waals surface area contributed by atoms with E-state index < -0.39 is 5.92 Å². The minimum atomic E-state index is -0.704. The second-order valence-electron chi connectivity index (χ2n) is 9.04. The van der Waals surface area contributed by atoms with Crippen molar-refractivity contribution in [1.29, 1.82) is 5.26 Å². The van der Waals surface area contributed by atoms with Gasteiger partial charge < -0.3 is 25.4 Å². The highest BCUT2D eigenvalue weighted by Gasteiger charge is 2.36. The number of nitrogens with zero attached hydrogens (tertiary/aromatic N) is 1. The molecule has 4 rings (SSSR count). The van der Waals surface area contributed by atoms with Crippen molar-refractivity contribution in [3.05, 3.63) is 106 Å². The Labute approximate surface area is 244 Å². The van der Waals surface area contributed by atoms with Gasteiger partial charge in [0.15, 0.2) is 0 Å². The molecule has 1 atom stereocenters. The van der Waals surface area contributed by atoms with E-state index in [9.17, 15) is 14.9 Å². The van der Waals surface area contributed by atoms with Crippen molar-refractivity contribution < 1.29 is 19.1 Å². The summed E-state index contributed by atoms with van der Waals surface area (Å²) in [6.45, 7) is 6.58. The van der Waals surface area contributed by atoms with Crippen LogP contribution < -0.4 is 25.4 Å². The minimum Gasteiger partial charge on any atom is -0.494 e. The fourth-order valence-electron chi connectivity index (χ4n) is 4.50. The molecule has 2 amide bonds. The Kier molecular flexibility index (Phi) is 10.1. The topological polar surface area (TPSA) is 112 Å². The summed E-state index contributed by atoms with van der Waals surface area (Å²) in [7, 11) is 0. The molecule has 41 heavy (non-hydrogen) atoms. The molecule has 0 spiro atoms. The normalized spacial score (nSPS) is 14.5. The number of anilines is 2. The van der Waals surface area contributed by atoms with E-state index in [1.54, 1.807) is 43.3 Å². The van der Waals surface area contributed by atoms with Crippen LogP contribution in [0.2, 0.25) is 0 Å². The number of ether oxygens (including phenoxy) is 2. The smallest absolute Gasteiger partial charge is 0.254 e. The van der Waals surface area contributed by atoms with Crippen LogP contribution in [0.15, 0.2) is 101 Å². The first-order valence-electron chi connectivity index (χ1n) is 13.3. The summed E-state index contributed by atoms with van der Waals surface area (Å²) in [4.78, 5) is 26.5. The zero-order chi connectivity index (χ0) is 29.2. The van der Waals surface area contributed by atoms with E-state index in [1.807, 2.05) is 56.3 Å². The fourth-order valence-corrected chi connectivity index (χ4v) is 5.39. The Balaban J connectivity index is 1.63. The largest absolute Gasteiger partial charge is 0.494 e. The van der Waals surface area contributed by atoms with Gasteiger partial charge in [-0.05, 0) is 63.2 Å². The summed E-state index contributed by atoms with van der Waals surface area (Å²) < 4.78 is 11.4. The third kappa shape index (κ3) is 7.29. The number of rotatable bonds is 11. The molecule has 3 N–H and O–H groups in total. The zero-order valence-electron chi connectivity index (χ0n) is 23.2. The monoisotopic (exact) mass is 568 g/mol. The molecule has 1 unspecified atom stereocenters. The quantitative estimate of drug-likeness (QED) is 0.253. The van der Waals surface area contributed by atoms with Crippen molar-refractivity contribution in [1.82, 2.24) is 5.32 Å². The second kappa shape index (κ2) is 14.1. The molecule has 8 nitrogen and oxygen atoms in total. The number of hydrogen-bond donors (Lipinski definition) is 3. The van der Waals surface area contributed by atoms with E-state index in [0.29, 0.717) is 57.8 Å². The second-order valence-corrected chi connectivity index (χ2v) is 10.0. The van der Waals surface area contributed by atoms with Crippen LogP contribution in [0.25, 0.3) is 0 Å². The third-order valence-electron chi connectivity index (χ3n) is 6.25. The molecule has 3 aromatic rings. The predicted molar refractivity (Wildman–Crippen MR) is 163 cm³/mol. The molecule has 1 aliphatic rings. The number of para-hydroxylation sites is 2. The molecule has 210 valence electrons. The van der Waals surface area contributed by atoms with Gasteiger partial charge in [0.2, 0.25) is 5.91 Å². The Morgan fingerprint density at radius 3 is 2.24 bits per heavy atom. The lowest BCUT2D eigenvalue weighted by Crippen LogP contribution is -2.31. The number of carbonyl (C=O) groups is 2. The number of thioether (sulfide) groups is 1. The highest BCUT2D eigenvalue weighted by Crippen LogP contribution is 2.44. The van der Waals surface area contributed by atoms with Crippen molar-refractivity contribution in [2.45, 2.75) is 26.7 Å². The lowest BCUT2D eigenvalue weighted by molar-refractivity contribution is -0.114. The molecule has 3 aromatic carbocycles. The van der Waals surface area contributed by atoms with Crippen molar-refractivity contribution in [2.24, 2.45) is 0 Å². The van der Waals surface area contributed by atoms with Crippen LogP contribution in [0.3, 0.4) is 0 Å². The Bertz CT molecular complexity index is 1490. The molecule has 0 saturated carbocycles.